The van der Waals surface area contributed by atoms with E-state index >= 15 is 0 Å². The third-order valence-electron chi connectivity index (χ3n) is 3.54. The molecule has 2 aliphatic rings. The lowest BCUT2D eigenvalue weighted by molar-refractivity contribution is 0.0964. The third kappa shape index (κ3) is 1.69. The molecule has 0 amide bonds. The fourth-order valence-corrected chi connectivity index (χ4v) is 2.46. The standard InChI is InChI=1S/C14H14N2O4/c1-15-8(3-2-6-17)13(19)11-12(15)10(18)7-9(14(11)20)16-4-5-16/h2-3,7,17,19H,4-6H2,1H3/b3-2+. The summed E-state index contributed by atoms with van der Waals surface area (Å²) in [5.41, 5.74) is 0.933. The lowest BCUT2D eigenvalue weighted by atomic mass is 9.98. The lowest BCUT2D eigenvalue weighted by Crippen LogP contribution is -2.22. The van der Waals surface area contributed by atoms with Crippen LogP contribution in [0.4, 0.5) is 0 Å². The molecule has 3 rings (SSSR count). The molecule has 0 aromatic carbocycles. The Hall–Kier alpha value is -2.34. The number of ketones is 2. The summed E-state index contributed by atoms with van der Waals surface area (Å²) in [5, 5.41) is 19.0. The average Bonchev–Trinajstić information content (AvgIpc) is 3.21. The van der Waals surface area contributed by atoms with Gasteiger partial charge in [-0.1, -0.05) is 6.08 Å². The van der Waals surface area contributed by atoms with Crippen LogP contribution in [0.1, 0.15) is 26.5 Å². The minimum absolute atomic E-state index is 0.0551. The number of aromatic nitrogens is 1. The summed E-state index contributed by atoms with van der Waals surface area (Å²) in [6, 6.07) is 0. The topological polar surface area (TPSA) is 82.5 Å². The zero-order valence-electron chi connectivity index (χ0n) is 11.0. The first-order valence-electron chi connectivity index (χ1n) is 6.31. The van der Waals surface area contributed by atoms with Gasteiger partial charge >= 0.3 is 0 Å². The maximum Gasteiger partial charge on any atom is 0.215 e. The molecule has 2 N–H and O–H groups in total. The Morgan fingerprint density at radius 3 is 2.65 bits per heavy atom. The highest BCUT2D eigenvalue weighted by molar-refractivity contribution is 6.25. The molecular formula is C14H14N2O4. The van der Waals surface area contributed by atoms with Gasteiger partial charge in [0, 0.05) is 26.2 Å². The van der Waals surface area contributed by atoms with Crippen molar-refractivity contribution < 1.29 is 19.8 Å². The number of carbonyl (C=O) groups excluding carboxylic acids is 2. The first kappa shape index (κ1) is 12.7. The van der Waals surface area contributed by atoms with Crippen molar-refractivity contribution in [1.29, 1.82) is 0 Å². The van der Waals surface area contributed by atoms with Crippen LogP contribution in [-0.4, -0.2) is 50.9 Å². The van der Waals surface area contributed by atoms with E-state index < -0.39 is 0 Å². The molecule has 0 unspecified atom stereocenters. The van der Waals surface area contributed by atoms with E-state index in [0.717, 1.165) is 13.1 Å². The van der Waals surface area contributed by atoms with Crippen molar-refractivity contribution in [2.75, 3.05) is 19.7 Å². The number of nitrogens with zero attached hydrogens (tertiary/aromatic N) is 2. The Labute approximate surface area is 115 Å². The van der Waals surface area contributed by atoms with Gasteiger partial charge in [0.2, 0.25) is 11.6 Å². The van der Waals surface area contributed by atoms with Crippen LogP contribution in [0.2, 0.25) is 0 Å². The molecule has 20 heavy (non-hydrogen) atoms. The number of aliphatic hydroxyl groups is 1. The molecule has 0 saturated carbocycles. The Balaban J connectivity index is 2.16. The van der Waals surface area contributed by atoms with Gasteiger partial charge in [0.1, 0.15) is 5.69 Å². The normalized spacial score (nSPS) is 17.7. The van der Waals surface area contributed by atoms with Crippen LogP contribution in [-0.2, 0) is 7.05 Å². The molecule has 104 valence electrons. The predicted molar refractivity (Wildman–Crippen MR) is 71.5 cm³/mol. The highest BCUT2D eigenvalue weighted by atomic mass is 16.3. The van der Waals surface area contributed by atoms with E-state index in [2.05, 4.69) is 0 Å². The van der Waals surface area contributed by atoms with Crippen LogP contribution in [0.25, 0.3) is 6.08 Å². The number of rotatable bonds is 3. The Morgan fingerprint density at radius 2 is 2.05 bits per heavy atom. The van der Waals surface area contributed by atoms with Crippen LogP contribution in [0.5, 0.6) is 5.75 Å². The number of carbonyl (C=O) groups is 2. The largest absolute Gasteiger partial charge is 0.505 e. The molecule has 0 atom stereocenters. The van der Waals surface area contributed by atoms with E-state index in [-0.39, 0.29) is 35.2 Å². The second kappa shape index (κ2) is 4.35. The van der Waals surface area contributed by atoms with Crippen LogP contribution in [0.15, 0.2) is 17.8 Å². The Morgan fingerprint density at radius 1 is 1.35 bits per heavy atom. The summed E-state index contributed by atoms with van der Waals surface area (Å²) in [7, 11) is 1.61. The molecule has 0 radical (unpaired) electrons. The zero-order valence-corrected chi connectivity index (χ0v) is 11.0. The number of fused-ring (bicyclic) bond motifs is 1. The van der Waals surface area contributed by atoms with Crippen molar-refractivity contribution in [2.24, 2.45) is 7.05 Å². The Kier molecular flexibility index (Phi) is 2.76. The van der Waals surface area contributed by atoms with Crippen molar-refractivity contribution in [2.45, 2.75) is 0 Å². The summed E-state index contributed by atoms with van der Waals surface area (Å²) in [4.78, 5) is 26.4. The first-order chi connectivity index (χ1) is 9.56. The predicted octanol–water partition coefficient (Wildman–Crippen LogP) is 0.315. The lowest BCUT2D eigenvalue weighted by Gasteiger charge is -2.13. The summed E-state index contributed by atoms with van der Waals surface area (Å²) in [6.45, 7) is 1.32. The van der Waals surface area contributed by atoms with Crippen LogP contribution < -0.4 is 0 Å². The van der Waals surface area contributed by atoms with Crippen LogP contribution in [0.3, 0.4) is 0 Å². The minimum atomic E-state index is -0.325. The number of aromatic hydroxyl groups is 1. The number of hydrogen-bond donors (Lipinski definition) is 2. The second-order valence-electron chi connectivity index (χ2n) is 4.81. The van der Waals surface area contributed by atoms with E-state index in [1.807, 2.05) is 0 Å². The highest BCUT2D eigenvalue weighted by Crippen LogP contribution is 2.36. The van der Waals surface area contributed by atoms with Gasteiger partial charge in [0.15, 0.2) is 5.75 Å². The molecule has 1 aliphatic heterocycles. The molecule has 1 fully saturated rings. The molecule has 1 aliphatic carbocycles. The van der Waals surface area contributed by atoms with Gasteiger partial charge in [-0.15, -0.1) is 0 Å². The van der Waals surface area contributed by atoms with Crippen LogP contribution >= 0.6 is 0 Å². The first-order valence-corrected chi connectivity index (χ1v) is 6.31. The monoisotopic (exact) mass is 274 g/mol. The summed E-state index contributed by atoms with van der Waals surface area (Å²) < 4.78 is 1.48. The minimum Gasteiger partial charge on any atom is -0.505 e. The summed E-state index contributed by atoms with van der Waals surface area (Å²) in [6.07, 6.45) is 4.26. The molecule has 0 bridgehead atoms. The molecular weight excluding hydrogens is 260 g/mol. The van der Waals surface area contributed by atoms with Crippen molar-refractivity contribution in [1.82, 2.24) is 9.47 Å². The van der Waals surface area contributed by atoms with E-state index in [4.69, 9.17) is 5.11 Å². The SMILES string of the molecule is Cn1c(/C=C/CO)c(O)c2c1C(=O)C=C(N1CC1)C2=O. The Bertz CT molecular complexity index is 678. The summed E-state index contributed by atoms with van der Waals surface area (Å²) >= 11 is 0. The highest BCUT2D eigenvalue weighted by Gasteiger charge is 2.38. The number of aliphatic hydroxyl groups excluding tert-OH is 1. The molecule has 1 aromatic rings. The van der Waals surface area contributed by atoms with Crippen molar-refractivity contribution in [3.8, 4) is 5.75 Å². The van der Waals surface area contributed by atoms with Gasteiger partial charge in [-0.3, -0.25) is 9.59 Å². The van der Waals surface area contributed by atoms with E-state index in [1.165, 1.54) is 22.8 Å². The smallest absolute Gasteiger partial charge is 0.215 e. The van der Waals surface area contributed by atoms with Gasteiger partial charge < -0.3 is 19.7 Å². The maximum atomic E-state index is 12.4. The average molecular weight is 274 g/mol. The second-order valence-corrected chi connectivity index (χ2v) is 4.81. The fourth-order valence-electron chi connectivity index (χ4n) is 2.46. The molecule has 1 aromatic heterocycles. The van der Waals surface area contributed by atoms with Gasteiger partial charge in [0.25, 0.3) is 0 Å². The van der Waals surface area contributed by atoms with Crippen molar-refractivity contribution >= 4 is 17.6 Å². The molecule has 1 saturated heterocycles. The fraction of sp³-hybridized carbons (Fsp3) is 0.286. The molecule has 0 spiro atoms. The van der Waals surface area contributed by atoms with Gasteiger partial charge in [-0.2, -0.15) is 0 Å². The van der Waals surface area contributed by atoms with Gasteiger partial charge in [-0.05, 0) is 6.08 Å². The summed E-state index contributed by atoms with van der Waals surface area (Å²) in [5.74, 6) is -0.824. The van der Waals surface area contributed by atoms with Gasteiger partial charge in [0.05, 0.1) is 23.6 Å². The van der Waals surface area contributed by atoms with E-state index in [0.29, 0.717) is 11.4 Å². The molecule has 2 heterocycles. The van der Waals surface area contributed by atoms with Crippen LogP contribution in [0, 0.1) is 0 Å². The maximum absolute atomic E-state index is 12.4. The third-order valence-corrected chi connectivity index (χ3v) is 3.54. The van der Waals surface area contributed by atoms with E-state index in [1.54, 1.807) is 11.9 Å². The van der Waals surface area contributed by atoms with Crippen molar-refractivity contribution in [3.63, 3.8) is 0 Å². The van der Waals surface area contributed by atoms with Gasteiger partial charge in [-0.25, -0.2) is 0 Å². The number of Topliss-reactive ketones (excluding diaryl/α,β-unsaturated/α-hetero) is 1. The molecule has 6 heteroatoms. The molecule has 6 nitrogen and oxygen atoms in total. The number of allylic oxidation sites excluding steroid dienone is 2. The zero-order chi connectivity index (χ0) is 14.4. The number of hydrogen-bond acceptors (Lipinski definition) is 5. The quantitative estimate of drug-likeness (QED) is 0.775. The van der Waals surface area contributed by atoms with E-state index in [9.17, 15) is 14.7 Å². The van der Waals surface area contributed by atoms with Crippen molar-refractivity contribution in [3.05, 3.63) is 34.8 Å².